The van der Waals surface area contributed by atoms with Gasteiger partial charge in [-0.1, -0.05) is 32.0 Å². The molecule has 1 atom stereocenters. The second-order valence-corrected chi connectivity index (χ2v) is 6.70. The molecule has 1 heterocycles. The highest BCUT2D eigenvalue weighted by Gasteiger charge is 2.36. The Morgan fingerprint density at radius 3 is 2.63 bits per heavy atom. The summed E-state index contributed by atoms with van der Waals surface area (Å²) in [5, 5.41) is 11.0. The molecule has 0 fully saturated rings. The Labute approximate surface area is 157 Å². The number of anilines is 1. The van der Waals surface area contributed by atoms with E-state index in [0.29, 0.717) is 31.0 Å². The van der Waals surface area contributed by atoms with Crippen LogP contribution in [0, 0.1) is 16.0 Å². The summed E-state index contributed by atoms with van der Waals surface area (Å²) in [5.74, 6) is 0.965. The van der Waals surface area contributed by atoms with E-state index in [4.69, 9.17) is 9.47 Å². The van der Waals surface area contributed by atoms with Crippen molar-refractivity contribution >= 4 is 17.3 Å². The van der Waals surface area contributed by atoms with Crippen molar-refractivity contribution in [2.75, 3.05) is 18.1 Å². The molecule has 0 radical (unpaired) electrons. The molecule has 1 unspecified atom stereocenters. The molecule has 1 aliphatic rings. The predicted octanol–water partition coefficient (Wildman–Crippen LogP) is 3.81. The van der Waals surface area contributed by atoms with Gasteiger partial charge in [0, 0.05) is 12.6 Å². The summed E-state index contributed by atoms with van der Waals surface area (Å²) in [4.78, 5) is 25.1. The quantitative estimate of drug-likeness (QED) is 0.420. The topological polar surface area (TPSA) is 81.9 Å². The first-order chi connectivity index (χ1) is 13.0. The van der Waals surface area contributed by atoms with Gasteiger partial charge in [0.1, 0.15) is 5.75 Å². The van der Waals surface area contributed by atoms with E-state index >= 15 is 0 Å². The molecule has 0 aromatic heterocycles. The largest absolute Gasteiger partial charge is 0.494 e. The number of ether oxygens (including phenoxy) is 2. The minimum atomic E-state index is -0.658. The van der Waals surface area contributed by atoms with Crippen LogP contribution in [0.4, 0.5) is 11.4 Å². The summed E-state index contributed by atoms with van der Waals surface area (Å²) >= 11 is 0. The summed E-state index contributed by atoms with van der Waals surface area (Å²) < 4.78 is 11.5. The van der Waals surface area contributed by atoms with Crippen LogP contribution in [0.25, 0.3) is 0 Å². The van der Waals surface area contributed by atoms with Crippen molar-refractivity contribution in [3.8, 4) is 11.5 Å². The maximum Gasteiger partial charge on any atom is 0.273 e. The molecule has 1 aliphatic heterocycles. The number of benzene rings is 2. The average Bonchev–Trinajstić information content (AvgIpc) is 2.66. The zero-order valence-corrected chi connectivity index (χ0v) is 15.3. The Morgan fingerprint density at radius 2 is 1.96 bits per heavy atom. The number of carbonyl (C=O) groups excluding carboxylic acids is 1. The molecule has 1 amide bonds. The normalized spacial score (nSPS) is 16.0. The highest BCUT2D eigenvalue weighted by atomic mass is 16.6. The molecule has 0 spiro atoms. The van der Waals surface area contributed by atoms with Crippen LogP contribution in [-0.2, 0) is 4.79 Å². The number of amides is 1. The lowest BCUT2D eigenvalue weighted by Gasteiger charge is -2.35. The average molecular weight is 370 g/mol. The second-order valence-electron chi connectivity index (χ2n) is 6.70. The summed E-state index contributed by atoms with van der Waals surface area (Å²) in [6, 6.07) is 13.8. The minimum absolute atomic E-state index is 0.0482. The van der Waals surface area contributed by atoms with Gasteiger partial charge >= 0.3 is 0 Å². The van der Waals surface area contributed by atoms with E-state index < -0.39 is 11.0 Å². The number of nitro benzene ring substituents is 1. The molecule has 7 heteroatoms. The molecule has 7 nitrogen and oxygen atoms in total. The number of carbonyl (C=O) groups is 1. The first-order valence-electron chi connectivity index (χ1n) is 8.91. The number of hydrogen-bond donors (Lipinski definition) is 0. The number of non-ortho nitro benzene ring substituents is 1. The fourth-order valence-electron chi connectivity index (χ4n) is 2.97. The lowest BCUT2D eigenvalue weighted by Crippen LogP contribution is -2.48. The van der Waals surface area contributed by atoms with Crippen LogP contribution >= 0.6 is 0 Å². The van der Waals surface area contributed by atoms with Crippen molar-refractivity contribution in [1.29, 1.82) is 0 Å². The number of rotatable bonds is 7. The van der Waals surface area contributed by atoms with Crippen LogP contribution in [0.1, 0.15) is 20.3 Å². The number of para-hydroxylation sites is 1. The maximum atomic E-state index is 12.8. The van der Waals surface area contributed by atoms with Gasteiger partial charge in [0.25, 0.3) is 11.6 Å². The molecule has 27 heavy (non-hydrogen) atoms. The van der Waals surface area contributed by atoms with E-state index in [9.17, 15) is 14.9 Å². The van der Waals surface area contributed by atoms with Crippen LogP contribution in [-0.4, -0.2) is 30.1 Å². The Morgan fingerprint density at radius 1 is 1.22 bits per heavy atom. The van der Waals surface area contributed by atoms with E-state index in [1.807, 2.05) is 44.2 Å². The monoisotopic (exact) mass is 370 g/mol. The van der Waals surface area contributed by atoms with Gasteiger partial charge in [-0.15, -0.1) is 0 Å². The van der Waals surface area contributed by atoms with Gasteiger partial charge in [0.2, 0.25) is 0 Å². The molecule has 0 N–H and O–H groups in total. The van der Waals surface area contributed by atoms with Gasteiger partial charge in [-0.05, 0) is 30.5 Å². The second kappa shape index (κ2) is 8.07. The Balaban J connectivity index is 1.74. The van der Waals surface area contributed by atoms with Crippen molar-refractivity contribution in [3.63, 3.8) is 0 Å². The molecular formula is C20H22N2O5. The zero-order valence-electron chi connectivity index (χ0n) is 15.3. The van der Waals surface area contributed by atoms with E-state index in [1.54, 1.807) is 11.0 Å². The fraction of sp³-hybridized carbons (Fsp3) is 0.350. The Kier molecular flexibility index (Phi) is 5.59. The Bertz CT molecular complexity index is 822. The zero-order chi connectivity index (χ0) is 19.4. The number of nitro groups is 1. The summed E-state index contributed by atoms with van der Waals surface area (Å²) in [7, 11) is 0. The van der Waals surface area contributed by atoms with Gasteiger partial charge in [-0.3, -0.25) is 14.9 Å². The van der Waals surface area contributed by atoms with E-state index in [1.165, 1.54) is 12.1 Å². The molecule has 0 bridgehead atoms. The standard InChI is InChI=1S/C20H22N2O5/c1-14(2)19-20(23)21(11-6-12-26-16-7-4-3-5-8-16)17-10-9-15(22(24)25)13-18(17)27-19/h3-5,7-10,13-14,19H,6,11-12H2,1-2H3. The van der Waals surface area contributed by atoms with Crippen molar-refractivity contribution in [1.82, 2.24) is 0 Å². The van der Waals surface area contributed by atoms with Crippen LogP contribution in [0.15, 0.2) is 48.5 Å². The molecular weight excluding hydrogens is 348 g/mol. The van der Waals surface area contributed by atoms with E-state index in [0.717, 1.165) is 5.75 Å². The van der Waals surface area contributed by atoms with Crippen molar-refractivity contribution in [2.24, 2.45) is 5.92 Å². The first kappa shape index (κ1) is 18.7. The van der Waals surface area contributed by atoms with Gasteiger partial charge in [-0.25, -0.2) is 0 Å². The molecule has 0 aliphatic carbocycles. The van der Waals surface area contributed by atoms with Crippen LogP contribution in [0.5, 0.6) is 11.5 Å². The van der Waals surface area contributed by atoms with Gasteiger partial charge < -0.3 is 14.4 Å². The van der Waals surface area contributed by atoms with E-state index in [2.05, 4.69) is 0 Å². The number of fused-ring (bicyclic) bond motifs is 1. The van der Waals surface area contributed by atoms with Gasteiger partial charge in [0.15, 0.2) is 11.9 Å². The highest BCUT2D eigenvalue weighted by Crippen LogP contribution is 2.38. The molecule has 2 aromatic rings. The molecule has 2 aromatic carbocycles. The maximum absolute atomic E-state index is 12.8. The van der Waals surface area contributed by atoms with Crippen molar-refractivity contribution < 1.29 is 19.2 Å². The lowest BCUT2D eigenvalue weighted by atomic mass is 10.0. The SMILES string of the molecule is CC(C)C1Oc2cc([N+](=O)[O-])ccc2N(CCCOc2ccccc2)C1=O. The molecule has 0 saturated carbocycles. The van der Waals surface area contributed by atoms with Gasteiger partial charge in [-0.2, -0.15) is 0 Å². The molecule has 3 rings (SSSR count). The van der Waals surface area contributed by atoms with Crippen LogP contribution in [0.3, 0.4) is 0 Å². The first-order valence-corrected chi connectivity index (χ1v) is 8.91. The summed E-state index contributed by atoms with van der Waals surface area (Å²) in [6.45, 7) is 4.69. The van der Waals surface area contributed by atoms with Crippen molar-refractivity contribution in [2.45, 2.75) is 26.4 Å². The third-order valence-corrected chi connectivity index (χ3v) is 4.35. The molecule has 0 saturated heterocycles. The lowest BCUT2D eigenvalue weighted by molar-refractivity contribution is -0.384. The number of hydrogen-bond acceptors (Lipinski definition) is 5. The minimum Gasteiger partial charge on any atom is -0.494 e. The van der Waals surface area contributed by atoms with Crippen LogP contribution < -0.4 is 14.4 Å². The van der Waals surface area contributed by atoms with Crippen LogP contribution in [0.2, 0.25) is 0 Å². The third kappa shape index (κ3) is 4.19. The smallest absolute Gasteiger partial charge is 0.273 e. The van der Waals surface area contributed by atoms with Gasteiger partial charge in [0.05, 0.1) is 23.3 Å². The molecule has 142 valence electrons. The fourth-order valence-corrected chi connectivity index (χ4v) is 2.97. The summed E-state index contributed by atoms with van der Waals surface area (Å²) in [6.07, 6.45) is -0.0310. The predicted molar refractivity (Wildman–Crippen MR) is 101 cm³/mol. The summed E-state index contributed by atoms with van der Waals surface area (Å²) in [5.41, 5.74) is 0.500. The number of nitrogens with zero attached hydrogens (tertiary/aromatic N) is 2. The van der Waals surface area contributed by atoms with Crippen molar-refractivity contribution in [3.05, 3.63) is 58.6 Å². The Hall–Kier alpha value is -3.09. The van der Waals surface area contributed by atoms with E-state index in [-0.39, 0.29) is 17.5 Å². The third-order valence-electron chi connectivity index (χ3n) is 4.35. The highest BCUT2D eigenvalue weighted by molar-refractivity contribution is 6.00.